The predicted molar refractivity (Wildman–Crippen MR) is 102 cm³/mol. The molecule has 138 valence electrons. The molecule has 6 nitrogen and oxygen atoms in total. The first-order valence-electron chi connectivity index (χ1n) is 9.56. The van der Waals surface area contributed by atoms with Gasteiger partial charge < -0.3 is 16.0 Å². The largest absolute Gasteiger partial charge is 0.357 e. The van der Waals surface area contributed by atoms with Crippen LogP contribution in [0, 0.1) is 18.8 Å². The van der Waals surface area contributed by atoms with Gasteiger partial charge in [-0.1, -0.05) is 6.07 Å². The summed E-state index contributed by atoms with van der Waals surface area (Å²) in [6.07, 6.45) is 6.05. The molecular formula is C20H28N5O+. The molecule has 26 heavy (non-hydrogen) atoms. The fraction of sp³-hybridized carbons (Fsp3) is 0.500. The van der Waals surface area contributed by atoms with E-state index in [2.05, 4.69) is 41.3 Å². The molecule has 1 amide bonds. The van der Waals surface area contributed by atoms with Gasteiger partial charge in [-0.05, 0) is 50.3 Å². The summed E-state index contributed by atoms with van der Waals surface area (Å²) in [5.74, 6) is 2.01. The SMILES string of the molecule is Cc1ccc2c(c1)Nc1c(cnn1C)CN2C(=O)C1CCC(C[NH3+])CC1. The zero-order valence-electron chi connectivity index (χ0n) is 15.7. The van der Waals surface area contributed by atoms with Gasteiger partial charge in [0.15, 0.2) is 0 Å². The number of hydrogen-bond acceptors (Lipinski definition) is 3. The van der Waals surface area contributed by atoms with Gasteiger partial charge >= 0.3 is 0 Å². The monoisotopic (exact) mass is 354 g/mol. The fourth-order valence-electron chi connectivity index (χ4n) is 4.24. The fourth-order valence-corrected chi connectivity index (χ4v) is 4.24. The van der Waals surface area contributed by atoms with Crippen LogP contribution in [0.2, 0.25) is 0 Å². The highest BCUT2D eigenvalue weighted by Crippen LogP contribution is 2.38. The van der Waals surface area contributed by atoms with Gasteiger partial charge in [-0.2, -0.15) is 5.10 Å². The van der Waals surface area contributed by atoms with Crippen LogP contribution < -0.4 is 16.0 Å². The van der Waals surface area contributed by atoms with Crippen LogP contribution in [0.5, 0.6) is 0 Å². The van der Waals surface area contributed by atoms with Gasteiger partial charge in [0, 0.05) is 24.4 Å². The molecule has 0 radical (unpaired) electrons. The molecule has 0 saturated heterocycles. The number of aryl methyl sites for hydroxylation is 2. The summed E-state index contributed by atoms with van der Waals surface area (Å²) in [6, 6.07) is 6.25. The molecule has 0 unspecified atom stereocenters. The molecule has 0 bridgehead atoms. The second-order valence-corrected chi connectivity index (χ2v) is 7.72. The molecule has 4 N–H and O–H groups in total. The number of anilines is 3. The minimum atomic E-state index is 0.116. The molecule has 1 fully saturated rings. The first-order chi connectivity index (χ1) is 12.6. The third kappa shape index (κ3) is 2.98. The van der Waals surface area contributed by atoms with Crippen molar-refractivity contribution in [3.8, 4) is 0 Å². The summed E-state index contributed by atoms with van der Waals surface area (Å²) in [4.78, 5) is 15.4. The first-order valence-corrected chi connectivity index (χ1v) is 9.56. The zero-order valence-corrected chi connectivity index (χ0v) is 15.7. The van der Waals surface area contributed by atoms with Crippen molar-refractivity contribution in [3.63, 3.8) is 0 Å². The highest BCUT2D eigenvalue weighted by Gasteiger charge is 2.33. The minimum Gasteiger partial charge on any atom is -0.357 e. The number of nitrogens with zero attached hydrogens (tertiary/aromatic N) is 3. The Labute approximate surface area is 154 Å². The second kappa shape index (κ2) is 6.76. The predicted octanol–water partition coefficient (Wildman–Crippen LogP) is 2.37. The van der Waals surface area contributed by atoms with Crippen LogP contribution in [-0.4, -0.2) is 22.2 Å². The number of amides is 1. The van der Waals surface area contributed by atoms with E-state index in [0.717, 1.165) is 55.0 Å². The van der Waals surface area contributed by atoms with Crippen LogP contribution >= 0.6 is 0 Å². The second-order valence-electron chi connectivity index (χ2n) is 7.72. The van der Waals surface area contributed by atoms with E-state index < -0.39 is 0 Å². The third-order valence-electron chi connectivity index (χ3n) is 5.91. The number of carbonyl (C=O) groups is 1. The number of aromatic nitrogens is 2. The van der Waals surface area contributed by atoms with Crippen molar-refractivity contribution in [2.45, 2.75) is 39.2 Å². The summed E-state index contributed by atoms with van der Waals surface area (Å²) in [6.45, 7) is 3.62. The summed E-state index contributed by atoms with van der Waals surface area (Å²) < 4.78 is 1.84. The van der Waals surface area contributed by atoms with Crippen LogP contribution in [-0.2, 0) is 18.4 Å². The Morgan fingerprint density at radius 3 is 2.81 bits per heavy atom. The molecule has 1 aliphatic carbocycles. The lowest BCUT2D eigenvalue weighted by Gasteiger charge is -2.31. The standard InChI is InChI=1S/C20H27N5O/c1-13-3-8-18-17(9-13)23-19-16(11-22-24(19)2)12-25(18)20(26)15-6-4-14(10-21)5-7-15/h3,8-9,11,14-15,23H,4-7,10,12,21H2,1-2H3/p+1. The smallest absolute Gasteiger partial charge is 0.230 e. The molecular weight excluding hydrogens is 326 g/mol. The quantitative estimate of drug-likeness (QED) is 0.869. The van der Waals surface area contributed by atoms with Crippen LogP contribution in [0.4, 0.5) is 17.2 Å². The summed E-state index contributed by atoms with van der Waals surface area (Å²) in [5.41, 5.74) is 8.21. The highest BCUT2D eigenvalue weighted by atomic mass is 16.2. The van der Waals surface area contributed by atoms with E-state index in [1.54, 1.807) is 0 Å². The highest BCUT2D eigenvalue weighted by molar-refractivity contribution is 5.99. The lowest BCUT2D eigenvalue weighted by atomic mass is 9.81. The maximum Gasteiger partial charge on any atom is 0.230 e. The van der Waals surface area contributed by atoms with E-state index in [4.69, 9.17) is 0 Å². The summed E-state index contributed by atoms with van der Waals surface area (Å²) in [7, 11) is 1.93. The lowest BCUT2D eigenvalue weighted by Crippen LogP contribution is -2.54. The number of benzene rings is 1. The average Bonchev–Trinajstić information content (AvgIpc) is 2.90. The van der Waals surface area contributed by atoms with Gasteiger partial charge in [0.2, 0.25) is 5.91 Å². The van der Waals surface area contributed by atoms with E-state index in [-0.39, 0.29) is 11.8 Å². The molecule has 2 aromatic rings. The molecule has 1 aliphatic heterocycles. The van der Waals surface area contributed by atoms with Gasteiger partial charge in [-0.15, -0.1) is 0 Å². The molecule has 1 aromatic heterocycles. The Kier molecular flexibility index (Phi) is 4.44. The van der Waals surface area contributed by atoms with Gasteiger partial charge in [0.25, 0.3) is 0 Å². The molecule has 2 aliphatic rings. The van der Waals surface area contributed by atoms with Crippen LogP contribution in [0.1, 0.15) is 36.8 Å². The van der Waals surface area contributed by atoms with Crippen molar-refractivity contribution in [1.82, 2.24) is 9.78 Å². The van der Waals surface area contributed by atoms with Gasteiger partial charge in [-0.25, -0.2) is 0 Å². The number of nitrogens with one attached hydrogen (secondary N) is 1. The molecule has 0 atom stereocenters. The van der Waals surface area contributed by atoms with E-state index in [1.807, 2.05) is 22.8 Å². The molecule has 6 heteroatoms. The lowest BCUT2D eigenvalue weighted by molar-refractivity contribution is -0.380. The summed E-state index contributed by atoms with van der Waals surface area (Å²) >= 11 is 0. The Morgan fingerprint density at radius 1 is 1.31 bits per heavy atom. The van der Waals surface area contributed by atoms with Gasteiger partial charge in [0.1, 0.15) is 5.82 Å². The Morgan fingerprint density at radius 2 is 2.08 bits per heavy atom. The Hall–Kier alpha value is -2.34. The van der Waals surface area contributed by atoms with E-state index in [1.165, 1.54) is 5.56 Å². The first kappa shape index (κ1) is 17.1. The van der Waals surface area contributed by atoms with E-state index in [9.17, 15) is 4.79 Å². The normalized spacial score (nSPS) is 22.2. The molecule has 1 saturated carbocycles. The van der Waals surface area contributed by atoms with Crippen molar-refractivity contribution in [3.05, 3.63) is 35.5 Å². The zero-order chi connectivity index (χ0) is 18.3. The topological polar surface area (TPSA) is 77.8 Å². The van der Waals surface area contributed by atoms with Crippen molar-refractivity contribution in [1.29, 1.82) is 0 Å². The Balaban J connectivity index is 1.68. The molecule has 0 spiro atoms. The van der Waals surface area contributed by atoms with Crippen LogP contribution in [0.25, 0.3) is 0 Å². The molecule has 2 heterocycles. The van der Waals surface area contributed by atoms with Crippen molar-refractivity contribution in [2.75, 3.05) is 16.8 Å². The number of fused-ring (bicyclic) bond motifs is 2. The maximum absolute atomic E-state index is 13.4. The number of quaternary nitrogens is 1. The van der Waals surface area contributed by atoms with Crippen molar-refractivity contribution < 1.29 is 10.5 Å². The van der Waals surface area contributed by atoms with E-state index >= 15 is 0 Å². The summed E-state index contributed by atoms with van der Waals surface area (Å²) in [5, 5.41) is 7.87. The van der Waals surface area contributed by atoms with Crippen LogP contribution in [0.15, 0.2) is 24.4 Å². The Bertz CT molecular complexity index is 820. The molecule has 4 rings (SSSR count). The van der Waals surface area contributed by atoms with Gasteiger partial charge in [0.05, 0.1) is 30.7 Å². The third-order valence-corrected chi connectivity index (χ3v) is 5.91. The van der Waals surface area contributed by atoms with Gasteiger partial charge in [-0.3, -0.25) is 9.48 Å². The van der Waals surface area contributed by atoms with E-state index in [0.29, 0.717) is 12.5 Å². The van der Waals surface area contributed by atoms with Crippen molar-refractivity contribution >= 4 is 23.1 Å². The number of hydrogen-bond donors (Lipinski definition) is 2. The molecule has 1 aromatic carbocycles. The average molecular weight is 354 g/mol. The maximum atomic E-state index is 13.4. The number of carbonyl (C=O) groups excluding carboxylic acids is 1. The number of rotatable bonds is 2. The van der Waals surface area contributed by atoms with Crippen molar-refractivity contribution in [2.24, 2.45) is 18.9 Å². The minimum absolute atomic E-state index is 0.116. The van der Waals surface area contributed by atoms with Crippen LogP contribution in [0.3, 0.4) is 0 Å².